The van der Waals surface area contributed by atoms with Crippen LogP contribution in [0.3, 0.4) is 0 Å². The van der Waals surface area contributed by atoms with Crippen LogP contribution in [0.15, 0.2) is 18.3 Å². The van der Waals surface area contributed by atoms with Crippen molar-refractivity contribution in [1.82, 2.24) is 10.3 Å². The lowest BCUT2D eigenvalue weighted by atomic mass is 10.1. The van der Waals surface area contributed by atoms with Crippen molar-refractivity contribution in [3.05, 3.63) is 29.6 Å². The lowest BCUT2D eigenvalue weighted by Gasteiger charge is -2.06. The van der Waals surface area contributed by atoms with Gasteiger partial charge in [0.15, 0.2) is 0 Å². The van der Waals surface area contributed by atoms with Crippen molar-refractivity contribution >= 4 is 0 Å². The third-order valence-electron chi connectivity index (χ3n) is 3.37. The molecular formula is C16H28N2. The molecule has 0 amide bonds. The molecule has 0 atom stereocenters. The van der Waals surface area contributed by atoms with Crippen LogP contribution in [0, 0.1) is 6.92 Å². The maximum absolute atomic E-state index is 4.38. The minimum Gasteiger partial charge on any atom is -0.311 e. The summed E-state index contributed by atoms with van der Waals surface area (Å²) >= 11 is 0. The molecule has 0 fully saturated rings. The van der Waals surface area contributed by atoms with Crippen LogP contribution >= 0.6 is 0 Å². The highest BCUT2D eigenvalue weighted by molar-refractivity contribution is 5.17. The fourth-order valence-corrected chi connectivity index (χ4v) is 2.12. The highest BCUT2D eigenvalue weighted by Crippen LogP contribution is 2.06. The zero-order chi connectivity index (χ0) is 13.1. The maximum atomic E-state index is 4.38. The van der Waals surface area contributed by atoms with E-state index in [1.165, 1.54) is 56.2 Å². The first-order valence-electron chi connectivity index (χ1n) is 7.45. The number of hydrogen-bond donors (Lipinski definition) is 1. The highest BCUT2D eigenvalue weighted by Gasteiger charge is 1.97. The van der Waals surface area contributed by atoms with Gasteiger partial charge in [0.25, 0.3) is 0 Å². The van der Waals surface area contributed by atoms with Gasteiger partial charge in [-0.25, -0.2) is 0 Å². The number of unbranched alkanes of at least 4 members (excludes halogenated alkanes) is 6. The molecule has 0 radical (unpaired) electrons. The quantitative estimate of drug-likeness (QED) is 0.627. The lowest BCUT2D eigenvalue weighted by molar-refractivity contribution is 0.560. The molecule has 0 saturated heterocycles. The van der Waals surface area contributed by atoms with E-state index in [2.05, 4.69) is 30.2 Å². The summed E-state index contributed by atoms with van der Waals surface area (Å²) in [4.78, 5) is 4.38. The van der Waals surface area contributed by atoms with Gasteiger partial charge in [0.1, 0.15) is 0 Å². The second-order valence-corrected chi connectivity index (χ2v) is 5.07. The van der Waals surface area contributed by atoms with E-state index in [0.29, 0.717) is 0 Å². The van der Waals surface area contributed by atoms with Gasteiger partial charge in [-0.05, 0) is 31.5 Å². The van der Waals surface area contributed by atoms with Crippen LogP contribution in [-0.2, 0) is 6.54 Å². The summed E-state index contributed by atoms with van der Waals surface area (Å²) < 4.78 is 0. The summed E-state index contributed by atoms with van der Waals surface area (Å²) in [5.41, 5.74) is 2.46. The van der Waals surface area contributed by atoms with Gasteiger partial charge in [-0.3, -0.25) is 4.98 Å². The van der Waals surface area contributed by atoms with Crippen LogP contribution in [0.25, 0.3) is 0 Å². The fourth-order valence-electron chi connectivity index (χ4n) is 2.12. The van der Waals surface area contributed by atoms with Crippen LogP contribution < -0.4 is 5.32 Å². The molecule has 0 spiro atoms. The predicted octanol–water partition coefficient (Wildman–Crippen LogP) is 4.23. The minimum atomic E-state index is 0.905. The van der Waals surface area contributed by atoms with Gasteiger partial charge in [-0.2, -0.15) is 0 Å². The second-order valence-electron chi connectivity index (χ2n) is 5.07. The SMILES string of the molecule is CCCCCCCCCNCc1ncccc1C. The average Bonchev–Trinajstić information content (AvgIpc) is 2.39. The number of aryl methyl sites for hydroxylation is 1. The Kier molecular flexibility index (Phi) is 8.49. The molecule has 0 unspecified atom stereocenters. The molecule has 0 aromatic carbocycles. The van der Waals surface area contributed by atoms with Gasteiger partial charge in [-0.15, -0.1) is 0 Å². The van der Waals surface area contributed by atoms with Gasteiger partial charge in [-0.1, -0.05) is 51.5 Å². The van der Waals surface area contributed by atoms with Gasteiger partial charge in [0, 0.05) is 12.7 Å². The third kappa shape index (κ3) is 6.75. The number of hydrogen-bond acceptors (Lipinski definition) is 2. The minimum absolute atomic E-state index is 0.905. The molecule has 0 saturated carbocycles. The van der Waals surface area contributed by atoms with Crippen molar-refractivity contribution in [2.75, 3.05) is 6.54 Å². The van der Waals surface area contributed by atoms with E-state index >= 15 is 0 Å². The molecule has 0 aliphatic heterocycles. The Bertz CT molecular complexity index is 310. The second kappa shape index (κ2) is 10.1. The number of pyridine rings is 1. The predicted molar refractivity (Wildman–Crippen MR) is 78.7 cm³/mol. The lowest BCUT2D eigenvalue weighted by Crippen LogP contribution is -2.16. The first-order valence-corrected chi connectivity index (χ1v) is 7.45. The van der Waals surface area contributed by atoms with E-state index in [0.717, 1.165) is 13.1 Å². The Morgan fingerprint density at radius 3 is 2.50 bits per heavy atom. The van der Waals surface area contributed by atoms with Crippen molar-refractivity contribution < 1.29 is 0 Å². The van der Waals surface area contributed by atoms with Crippen LogP contribution in [0.1, 0.15) is 63.1 Å². The summed E-state index contributed by atoms with van der Waals surface area (Å²) in [5, 5.41) is 3.48. The molecule has 0 aliphatic rings. The molecule has 18 heavy (non-hydrogen) atoms. The van der Waals surface area contributed by atoms with Crippen molar-refractivity contribution in [2.45, 2.75) is 65.3 Å². The van der Waals surface area contributed by atoms with Gasteiger partial charge >= 0.3 is 0 Å². The molecule has 2 nitrogen and oxygen atoms in total. The first kappa shape index (κ1) is 15.2. The number of nitrogens with zero attached hydrogens (tertiary/aromatic N) is 1. The summed E-state index contributed by atoms with van der Waals surface area (Å²) in [6.07, 6.45) is 11.5. The van der Waals surface area contributed by atoms with E-state index < -0.39 is 0 Å². The molecule has 102 valence electrons. The molecule has 1 aromatic rings. The van der Waals surface area contributed by atoms with Crippen LogP contribution in [0.5, 0.6) is 0 Å². The van der Waals surface area contributed by atoms with Crippen molar-refractivity contribution in [3.8, 4) is 0 Å². The number of rotatable bonds is 10. The first-order chi connectivity index (χ1) is 8.84. The Morgan fingerprint density at radius 2 is 1.78 bits per heavy atom. The molecule has 1 aromatic heterocycles. The molecule has 0 bridgehead atoms. The molecule has 2 heteroatoms. The molecule has 0 aliphatic carbocycles. The van der Waals surface area contributed by atoms with E-state index in [-0.39, 0.29) is 0 Å². The van der Waals surface area contributed by atoms with E-state index in [9.17, 15) is 0 Å². The largest absolute Gasteiger partial charge is 0.311 e. The summed E-state index contributed by atoms with van der Waals surface area (Å²) in [6, 6.07) is 4.12. The fraction of sp³-hybridized carbons (Fsp3) is 0.688. The smallest absolute Gasteiger partial charge is 0.0570 e. The Balaban J connectivity index is 1.94. The monoisotopic (exact) mass is 248 g/mol. The van der Waals surface area contributed by atoms with Crippen molar-refractivity contribution in [3.63, 3.8) is 0 Å². The Hall–Kier alpha value is -0.890. The number of nitrogens with one attached hydrogen (secondary N) is 1. The normalized spacial score (nSPS) is 10.8. The summed E-state index contributed by atoms with van der Waals surface area (Å²) in [7, 11) is 0. The Labute approximate surface area is 112 Å². The standard InChI is InChI=1S/C16H28N2/c1-3-4-5-6-7-8-9-12-17-14-16-15(2)11-10-13-18-16/h10-11,13,17H,3-9,12,14H2,1-2H3. The van der Waals surface area contributed by atoms with Crippen molar-refractivity contribution in [2.24, 2.45) is 0 Å². The molecule has 1 N–H and O–H groups in total. The van der Waals surface area contributed by atoms with Gasteiger partial charge in [0.2, 0.25) is 0 Å². The topological polar surface area (TPSA) is 24.9 Å². The van der Waals surface area contributed by atoms with E-state index in [4.69, 9.17) is 0 Å². The van der Waals surface area contributed by atoms with Crippen LogP contribution in [0.2, 0.25) is 0 Å². The summed E-state index contributed by atoms with van der Waals surface area (Å²) in [5.74, 6) is 0. The van der Waals surface area contributed by atoms with E-state index in [1.54, 1.807) is 0 Å². The Morgan fingerprint density at radius 1 is 1.06 bits per heavy atom. The molecule has 1 rings (SSSR count). The van der Waals surface area contributed by atoms with Crippen LogP contribution in [0.4, 0.5) is 0 Å². The van der Waals surface area contributed by atoms with Crippen LogP contribution in [-0.4, -0.2) is 11.5 Å². The molecular weight excluding hydrogens is 220 g/mol. The van der Waals surface area contributed by atoms with Gasteiger partial charge in [0.05, 0.1) is 5.69 Å². The third-order valence-corrected chi connectivity index (χ3v) is 3.37. The van der Waals surface area contributed by atoms with Crippen molar-refractivity contribution in [1.29, 1.82) is 0 Å². The number of aromatic nitrogens is 1. The molecule has 1 heterocycles. The highest BCUT2D eigenvalue weighted by atomic mass is 14.9. The zero-order valence-corrected chi connectivity index (χ0v) is 12.0. The van der Waals surface area contributed by atoms with E-state index in [1.807, 2.05) is 12.3 Å². The van der Waals surface area contributed by atoms with Gasteiger partial charge < -0.3 is 5.32 Å². The zero-order valence-electron chi connectivity index (χ0n) is 12.0. The average molecular weight is 248 g/mol. The summed E-state index contributed by atoms with van der Waals surface area (Å²) in [6.45, 7) is 6.41. The maximum Gasteiger partial charge on any atom is 0.0570 e.